The Morgan fingerprint density at radius 2 is 0.587 bits per heavy atom. The topological polar surface area (TPSA) is 247 Å². The Morgan fingerprint density at radius 1 is 0.365 bits per heavy atom. The van der Waals surface area contributed by atoms with Gasteiger partial charge >= 0.3 is 16.8 Å². The molecule has 0 fully saturated rings. The van der Waals surface area contributed by atoms with Gasteiger partial charge in [0.2, 0.25) is 0 Å². The van der Waals surface area contributed by atoms with Crippen LogP contribution in [0.2, 0.25) is 0 Å². The number of para-hydroxylation sites is 4. The van der Waals surface area contributed by atoms with Gasteiger partial charge in [0.1, 0.15) is 43.2 Å². The van der Waals surface area contributed by atoms with Crippen molar-refractivity contribution in [3.63, 3.8) is 0 Å². The molecule has 0 aliphatic rings. The van der Waals surface area contributed by atoms with Crippen molar-refractivity contribution < 1.29 is 63.1 Å². The van der Waals surface area contributed by atoms with Gasteiger partial charge in [-0.2, -0.15) is 0 Å². The van der Waals surface area contributed by atoms with Crippen LogP contribution in [0, 0.1) is 0 Å². The van der Waals surface area contributed by atoms with Gasteiger partial charge in [0.15, 0.2) is 0 Å². The third kappa shape index (κ3) is 9.54. The summed E-state index contributed by atoms with van der Waals surface area (Å²) in [5, 5.41) is 42.7. The van der Waals surface area contributed by atoms with E-state index in [-0.39, 0.29) is 82.8 Å². The van der Waals surface area contributed by atoms with E-state index in [4.69, 9.17) is 11.5 Å². The molecular weight excluding hydrogens is 888 g/mol. The largest absolute Gasteiger partial charge is 2.00 e. The summed E-state index contributed by atoms with van der Waals surface area (Å²) < 4.78 is 74.3. The predicted octanol–water partition coefficient (Wildman–Crippen LogP) is 4.79. The van der Waals surface area contributed by atoms with Crippen molar-refractivity contribution in [2.75, 3.05) is 11.5 Å². The van der Waals surface area contributed by atoms with Gasteiger partial charge in [0.25, 0.3) is 0 Å². The van der Waals surface area contributed by atoms with Crippen LogP contribution in [0.3, 0.4) is 0 Å². The number of anilines is 2. The number of fused-ring (bicyclic) bond motifs is 2. The Balaban J connectivity index is 0.000000206. The van der Waals surface area contributed by atoms with Crippen molar-refractivity contribution in [1.82, 2.24) is 0 Å². The molecule has 63 heavy (non-hydrogen) atoms. The third-order valence-corrected chi connectivity index (χ3v) is 11.9. The molecule has 0 saturated carbocycles. The standard InChI is InChI=1S/2C24H19NO5S.Co/c2*25-23-17-9-3-4-10-18(17)24(31(28,29)30)20(14-16-8-2-6-12-22(16)27)19(23)13-15-7-1-5-11-21(15)26;/h2*1-14,26-27H,25H2,(H,28,29,30);/q;;+2/p-2. The summed E-state index contributed by atoms with van der Waals surface area (Å²) >= 11 is 0. The van der Waals surface area contributed by atoms with Gasteiger partial charge in [0.05, 0.1) is 9.79 Å². The maximum absolute atomic E-state index is 12.4. The second-order valence-corrected chi connectivity index (χ2v) is 16.6. The smallest absolute Gasteiger partial charge is 0.744 e. The van der Waals surface area contributed by atoms with Crippen molar-refractivity contribution in [2.45, 2.75) is 9.79 Å². The van der Waals surface area contributed by atoms with Crippen LogP contribution in [-0.4, -0.2) is 46.4 Å². The first-order chi connectivity index (χ1) is 29.5. The Labute approximate surface area is 371 Å². The molecule has 15 heteroatoms. The van der Waals surface area contributed by atoms with Crippen LogP contribution in [0.15, 0.2) is 155 Å². The summed E-state index contributed by atoms with van der Waals surface area (Å²) in [6.45, 7) is 0. The minimum Gasteiger partial charge on any atom is -0.744 e. The fourth-order valence-electron chi connectivity index (χ4n) is 7.14. The van der Waals surface area contributed by atoms with Crippen molar-refractivity contribution in [3.05, 3.63) is 189 Å². The molecule has 0 heterocycles. The van der Waals surface area contributed by atoms with Gasteiger partial charge in [-0.15, -0.1) is 0 Å². The van der Waals surface area contributed by atoms with E-state index in [1.54, 1.807) is 109 Å². The van der Waals surface area contributed by atoms with Crippen LogP contribution in [-0.2, 0) is 37.0 Å². The zero-order valence-electron chi connectivity index (χ0n) is 32.7. The number of rotatable bonds is 6. The molecule has 0 amide bonds. The van der Waals surface area contributed by atoms with Gasteiger partial charge in [0, 0.05) is 76.0 Å². The molecule has 0 saturated heterocycles. The van der Waals surface area contributed by atoms with E-state index in [1.165, 1.54) is 60.7 Å². The average molecular weight is 924 g/mol. The van der Waals surface area contributed by atoms with Crippen molar-refractivity contribution in [1.29, 1.82) is 0 Å². The average Bonchev–Trinajstić information content (AvgIpc) is 3.23. The summed E-state index contributed by atoms with van der Waals surface area (Å²) in [6, 6.07) is 38.6. The second kappa shape index (κ2) is 18.5. The number of benzene rings is 8. The molecule has 0 aliphatic carbocycles. The van der Waals surface area contributed by atoms with E-state index >= 15 is 0 Å². The molecule has 0 unspecified atom stereocenters. The third-order valence-electron chi connectivity index (χ3n) is 10.0. The van der Waals surface area contributed by atoms with E-state index in [9.17, 15) is 46.4 Å². The van der Waals surface area contributed by atoms with Crippen molar-refractivity contribution >= 4 is 77.5 Å². The first-order valence-corrected chi connectivity index (χ1v) is 21.5. The number of phenols is 4. The quantitative estimate of drug-likeness (QED) is 0.0974. The Hall–Kier alpha value is -7.11. The van der Waals surface area contributed by atoms with Crippen LogP contribution in [0.25, 0.3) is 45.8 Å². The number of hydrogen-bond donors (Lipinski definition) is 6. The molecule has 0 atom stereocenters. The summed E-state index contributed by atoms with van der Waals surface area (Å²) in [7, 11) is -9.87. The van der Waals surface area contributed by atoms with Gasteiger partial charge in [-0.25, -0.2) is 16.8 Å². The molecule has 8 aromatic rings. The zero-order valence-corrected chi connectivity index (χ0v) is 35.4. The minimum absolute atomic E-state index is 0. The molecule has 0 bridgehead atoms. The number of nitrogens with two attached hydrogens (primary N) is 2. The first kappa shape index (κ1) is 45.4. The monoisotopic (exact) mass is 923 g/mol. The molecule has 0 aliphatic heterocycles. The Kier molecular flexibility index (Phi) is 13.3. The van der Waals surface area contributed by atoms with E-state index in [2.05, 4.69) is 0 Å². The van der Waals surface area contributed by atoms with Crippen LogP contribution in [0.5, 0.6) is 23.0 Å². The number of hydrogen-bond acceptors (Lipinski definition) is 12. The van der Waals surface area contributed by atoms with Crippen LogP contribution >= 0.6 is 0 Å². The Morgan fingerprint density at radius 3 is 0.841 bits per heavy atom. The van der Waals surface area contributed by atoms with E-state index < -0.39 is 30.0 Å². The minimum atomic E-state index is -4.94. The number of nitrogen functional groups attached to an aromatic ring is 2. The Bertz CT molecular complexity index is 3330. The van der Waals surface area contributed by atoms with E-state index in [1.807, 2.05) is 0 Å². The number of phenolic OH excluding ortho intramolecular Hbond substituents is 4. The van der Waals surface area contributed by atoms with Crippen LogP contribution < -0.4 is 32.3 Å². The SMILES string of the molecule is Nc1c(=Cc2ccccc2O)c(=Cc2ccccc2O)c(S(=O)(=O)[O-])c2ccccc12.Nc1c(=Cc2ccccc2O)c(=Cc2ccccc2O)c(S(=O)(=O)[O-])c2ccccc12.[Co+2]. The van der Waals surface area contributed by atoms with Crippen LogP contribution in [0.4, 0.5) is 11.4 Å². The van der Waals surface area contributed by atoms with E-state index in [0.717, 1.165) is 0 Å². The molecular formula is C48H36CoN2O10S2. The van der Waals surface area contributed by atoms with Gasteiger partial charge < -0.3 is 41.0 Å². The van der Waals surface area contributed by atoms with Crippen molar-refractivity contribution in [2.24, 2.45) is 0 Å². The molecule has 12 nitrogen and oxygen atoms in total. The predicted molar refractivity (Wildman–Crippen MR) is 238 cm³/mol. The summed E-state index contributed by atoms with van der Waals surface area (Å²) in [5.41, 5.74) is 14.8. The fraction of sp³-hybridized carbons (Fsp3) is 0. The molecule has 0 spiro atoms. The summed E-state index contributed by atoms with van der Waals surface area (Å²) in [4.78, 5) is -0.885. The molecule has 8 rings (SSSR count). The molecule has 8 aromatic carbocycles. The van der Waals surface area contributed by atoms with Crippen LogP contribution in [0.1, 0.15) is 22.3 Å². The normalized spacial score (nSPS) is 12.9. The number of aromatic hydroxyl groups is 4. The first-order valence-electron chi connectivity index (χ1n) is 18.7. The maximum Gasteiger partial charge on any atom is 2.00 e. The molecule has 0 aromatic heterocycles. The zero-order chi connectivity index (χ0) is 44.3. The molecule has 319 valence electrons. The summed E-state index contributed by atoms with van der Waals surface area (Å²) in [5.74, 6) is -0.237. The fourth-order valence-corrected chi connectivity index (χ4v) is 8.91. The second-order valence-electron chi connectivity index (χ2n) is 14.0. The summed E-state index contributed by atoms with van der Waals surface area (Å²) in [6.07, 6.45) is 5.87. The molecule has 8 N–H and O–H groups in total. The van der Waals surface area contributed by atoms with Crippen molar-refractivity contribution in [3.8, 4) is 23.0 Å². The van der Waals surface area contributed by atoms with E-state index in [0.29, 0.717) is 33.0 Å². The molecule has 1 radical (unpaired) electrons. The van der Waals surface area contributed by atoms with Gasteiger partial charge in [-0.3, -0.25) is 0 Å². The maximum atomic E-state index is 12.4. The van der Waals surface area contributed by atoms with Gasteiger partial charge in [-0.1, -0.05) is 121 Å². The van der Waals surface area contributed by atoms with Gasteiger partial charge in [-0.05, 0) is 48.6 Å².